The van der Waals surface area contributed by atoms with Gasteiger partial charge >= 0.3 is 0 Å². The highest BCUT2D eigenvalue weighted by atomic mass is 16.2. The fraction of sp³-hybridized carbons (Fsp3) is 0.667. The van der Waals surface area contributed by atoms with Gasteiger partial charge in [0.2, 0.25) is 5.91 Å². The number of nitrogens with zero attached hydrogens (tertiary/aromatic N) is 2. The van der Waals surface area contributed by atoms with Crippen LogP contribution in [0.2, 0.25) is 0 Å². The number of carbonyl (C=O) groups is 1. The zero-order chi connectivity index (χ0) is 18.7. The Hall–Kier alpha value is -1.84. The maximum absolute atomic E-state index is 13.3. The molecule has 4 bridgehead atoms. The third-order valence-electron chi connectivity index (χ3n) is 8.32. The summed E-state index contributed by atoms with van der Waals surface area (Å²) < 4.78 is 2.36. The quantitative estimate of drug-likeness (QED) is 0.746. The van der Waals surface area contributed by atoms with Gasteiger partial charge in [-0.05, 0) is 87.3 Å². The van der Waals surface area contributed by atoms with Crippen LogP contribution in [0.15, 0.2) is 24.5 Å². The molecule has 1 aromatic heterocycles. The predicted octanol–water partition coefficient (Wildman–Crippen LogP) is 5.70. The van der Waals surface area contributed by atoms with Gasteiger partial charge in [-0.3, -0.25) is 4.79 Å². The molecule has 4 heteroatoms. The Morgan fingerprint density at radius 2 is 1.68 bits per heavy atom. The summed E-state index contributed by atoms with van der Waals surface area (Å²) in [4.78, 5) is 18.0. The molecule has 1 amide bonds. The van der Waals surface area contributed by atoms with Crippen LogP contribution in [0.25, 0.3) is 11.0 Å². The minimum atomic E-state index is -0.0921. The van der Waals surface area contributed by atoms with E-state index in [0.29, 0.717) is 6.04 Å². The van der Waals surface area contributed by atoms with Crippen LogP contribution in [0.5, 0.6) is 0 Å². The third kappa shape index (κ3) is 2.71. The van der Waals surface area contributed by atoms with Crippen LogP contribution >= 0.6 is 0 Å². The van der Waals surface area contributed by atoms with Crippen molar-refractivity contribution in [3.8, 4) is 0 Å². The topological polar surface area (TPSA) is 46.9 Å². The van der Waals surface area contributed by atoms with Crippen LogP contribution in [0.1, 0.15) is 76.7 Å². The second-order valence-electron chi connectivity index (χ2n) is 10.3. The van der Waals surface area contributed by atoms with E-state index in [9.17, 15) is 4.79 Å². The number of hydrogen-bond acceptors (Lipinski definition) is 2. The molecule has 0 unspecified atom stereocenters. The van der Waals surface area contributed by atoms with Gasteiger partial charge in [0, 0.05) is 11.7 Å². The second kappa shape index (κ2) is 6.33. The summed E-state index contributed by atoms with van der Waals surface area (Å²) in [5, 5.41) is 3.29. The van der Waals surface area contributed by atoms with Gasteiger partial charge in [0.1, 0.15) is 0 Å². The Kier molecular flexibility index (Phi) is 3.86. The Morgan fingerprint density at radius 3 is 2.36 bits per heavy atom. The molecule has 0 spiro atoms. The van der Waals surface area contributed by atoms with Gasteiger partial charge in [0.15, 0.2) is 0 Å². The Balaban J connectivity index is 1.23. The van der Waals surface area contributed by atoms with E-state index in [0.717, 1.165) is 48.2 Å². The smallest absolute Gasteiger partial charge is 0.230 e. The highest BCUT2D eigenvalue weighted by Crippen LogP contribution is 2.60. The number of amides is 1. The van der Waals surface area contributed by atoms with E-state index in [1.807, 2.05) is 6.33 Å². The zero-order valence-electron chi connectivity index (χ0n) is 16.7. The van der Waals surface area contributed by atoms with Crippen molar-refractivity contribution in [1.29, 1.82) is 0 Å². The maximum Gasteiger partial charge on any atom is 0.230 e. The number of carbonyl (C=O) groups excluding carboxylic acids is 1. The molecule has 1 N–H and O–H groups in total. The minimum absolute atomic E-state index is 0.0921. The molecule has 0 saturated heterocycles. The molecule has 5 aliphatic rings. The summed E-state index contributed by atoms with van der Waals surface area (Å²) >= 11 is 0. The lowest BCUT2D eigenvalue weighted by Crippen LogP contribution is -2.51. The molecule has 1 heterocycles. The summed E-state index contributed by atoms with van der Waals surface area (Å²) in [7, 11) is 0. The van der Waals surface area contributed by atoms with Crippen molar-refractivity contribution in [2.24, 2.45) is 23.2 Å². The highest BCUT2D eigenvalue weighted by Gasteiger charge is 2.54. The molecule has 28 heavy (non-hydrogen) atoms. The number of hydrogen-bond donors (Lipinski definition) is 1. The van der Waals surface area contributed by atoms with Crippen LogP contribution in [0, 0.1) is 23.2 Å². The minimum Gasteiger partial charge on any atom is -0.327 e. The van der Waals surface area contributed by atoms with Gasteiger partial charge in [0.05, 0.1) is 22.8 Å². The molecular formula is C24H31N3O. The molecule has 0 atom stereocenters. The van der Waals surface area contributed by atoms with Crippen molar-refractivity contribution < 1.29 is 4.79 Å². The van der Waals surface area contributed by atoms with Crippen LogP contribution in [0.4, 0.5) is 5.69 Å². The molecule has 4 nitrogen and oxygen atoms in total. The lowest BCUT2D eigenvalue weighted by molar-refractivity contribution is -0.140. The number of rotatable bonds is 3. The van der Waals surface area contributed by atoms with Crippen molar-refractivity contribution in [2.45, 2.75) is 76.7 Å². The number of nitrogens with one attached hydrogen (secondary N) is 1. The van der Waals surface area contributed by atoms with Crippen LogP contribution in [0.3, 0.4) is 0 Å². The van der Waals surface area contributed by atoms with E-state index < -0.39 is 0 Å². The lowest BCUT2D eigenvalue weighted by atomic mass is 9.49. The van der Waals surface area contributed by atoms with E-state index >= 15 is 0 Å². The number of aromatic nitrogens is 2. The first-order chi connectivity index (χ1) is 13.7. The fourth-order valence-corrected chi connectivity index (χ4v) is 7.41. The van der Waals surface area contributed by atoms with Crippen molar-refractivity contribution in [3.63, 3.8) is 0 Å². The van der Waals surface area contributed by atoms with Crippen molar-refractivity contribution >= 4 is 22.6 Å². The Bertz CT molecular complexity index is 872. The second-order valence-corrected chi connectivity index (χ2v) is 10.3. The van der Waals surface area contributed by atoms with Crippen molar-refractivity contribution in [1.82, 2.24) is 9.55 Å². The van der Waals surface area contributed by atoms with Crippen LogP contribution < -0.4 is 5.32 Å². The summed E-state index contributed by atoms with van der Waals surface area (Å²) in [6, 6.07) is 6.91. The van der Waals surface area contributed by atoms with Gasteiger partial charge in [-0.2, -0.15) is 0 Å². The van der Waals surface area contributed by atoms with Gasteiger partial charge in [-0.15, -0.1) is 0 Å². The summed E-state index contributed by atoms with van der Waals surface area (Å²) in [5.74, 6) is 2.67. The highest BCUT2D eigenvalue weighted by molar-refractivity contribution is 5.97. The van der Waals surface area contributed by atoms with Gasteiger partial charge in [0.25, 0.3) is 0 Å². The average Bonchev–Trinajstić information content (AvgIpc) is 3.11. The molecule has 5 fully saturated rings. The normalized spacial score (nSPS) is 34.8. The molecule has 7 rings (SSSR count). The van der Waals surface area contributed by atoms with Crippen molar-refractivity contribution in [2.75, 3.05) is 5.32 Å². The van der Waals surface area contributed by atoms with Crippen molar-refractivity contribution in [3.05, 3.63) is 24.5 Å². The number of benzene rings is 1. The SMILES string of the molecule is O=C(Nc1ccc2c(c1)ncn2C1CCCCC1)C12CC3CC(CC(C3)C1)C2. The maximum atomic E-state index is 13.3. The fourth-order valence-electron chi connectivity index (χ4n) is 7.41. The molecule has 5 aliphatic carbocycles. The van der Waals surface area contributed by atoms with E-state index in [1.54, 1.807) is 0 Å². The standard InChI is InChI=1S/C24H31N3O/c28-23(24-12-16-8-17(13-24)10-18(9-16)14-24)26-19-6-7-22-21(11-19)25-15-27(22)20-4-2-1-3-5-20/h6-7,11,15-18,20H,1-5,8-10,12-14H2,(H,26,28). The molecule has 0 aliphatic heterocycles. The first-order valence-corrected chi connectivity index (χ1v) is 11.5. The van der Waals surface area contributed by atoms with Gasteiger partial charge in [-0.1, -0.05) is 19.3 Å². The Labute approximate surface area is 167 Å². The predicted molar refractivity (Wildman–Crippen MR) is 111 cm³/mol. The van der Waals surface area contributed by atoms with E-state index in [2.05, 4.69) is 33.1 Å². The average molecular weight is 378 g/mol. The third-order valence-corrected chi connectivity index (χ3v) is 8.32. The number of anilines is 1. The van der Waals surface area contributed by atoms with E-state index in [1.165, 1.54) is 56.9 Å². The summed E-state index contributed by atoms with van der Waals surface area (Å²) in [5.41, 5.74) is 3.04. The molecule has 1 aromatic carbocycles. The Morgan fingerprint density at radius 1 is 1.00 bits per heavy atom. The first-order valence-electron chi connectivity index (χ1n) is 11.5. The summed E-state index contributed by atoms with van der Waals surface area (Å²) in [6.45, 7) is 0. The molecule has 2 aromatic rings. The lowest BCUT2D eigenvalue weighted by Gasteiger charge is -2.55. The van der Waals surface area contributed by atoms with Crippen LogP contribution in [-0.4, -0.2) is 15.5 Å². The van der Waals surface area contributed by atoms with E-state index in [4.69, 9.17) is 0 Å². The molecule has 5 saturated carbocycles. The largest absolute Gasteiger partial charge is 0.327 e. The first kappa shape index (κ1) is 17.1. The molecule has 148 valence electrons. The summed E-state index contributed by atoms with van der Waals surface area (Å²) in [6.07, 6.45) is 16.0. The van der Waals surface area contributed by atoms with Gasteiger partial charge in [-0.25, -0.2) is 4.98 Å². The van der Waals surface area contributed by atoms with Gasteiger partial charge < -0.3 is 9.88 Å². The molecule has 0 radical (unpaired) electrons. The number of imidazole rings is 1. The molecular weight excluding hydrogens is 346 g/mol. The van der Waals surface area contributed by atoms with Crippen LogP contribution in [-0.2, 0) is 4.79 Å². The van der Waals surface area contributed by atoms with E-state index in [-0.39, 0.29) is 11.3 Å². The zero-order valence-corrected chi connectivity index (χ0v) is 16.7. The monoisotopic (exact) mass is 377 g/mol. The number of fused-ring (bicyclic) bond motifs is 1.